The normalized spacial score (nSPS) is 24.2. The molecule has 3 N–H and O–H groups in total. The predicted molar refractivity (Wildman–Crippen MR) is 74.9 cm³/mol. The Morgan fingerprint density at radius 3 is 2.73 bits per heavy atom. The zero-order valence-corrected chi connectivity index (χ0v) is 11.4. The lowest BCUT2D eigenvalue weighted by Crippen LogP contribution is -2.32. The van der Waals surface area contributed by atoms with E-state index in [1.807, 2.05) is 0 Å². The van der Waals surface area contributed by atoms with Gasteiger partial charge in [0.1, 0.15) is 5.69 Å². The lowest BCUT2D eigenvalue weighted by molar-refractivity contribution is -0.138. The molecule has 2 heterocycles. The summed E-state index contributed by atoms with van der Waals surface area (Å²) in [6, 6.07) is 2.58. The first-order chi connectivity index (χ1) is 10.4. The van der Waals surface area contributed by atoms with Crippen molar-refractivity contribution in [3.8, 4) is 0 Å². The van der Waals surface area contributed by atoms with Gasteiger partial charge in [-0.2, -0.15) is 4.39 Å². The molecule has 2 aliphatic rings. The molecule has 0 saturated carbocycles. The van der Waals surface area contributed by atoms with Crippen molar-refractivity contribution in [3.63, 3.8) is 0 Å². The molecule has 2 atom stereocenters. The highest BCUT2D eigenvalue weighted by atomic mass is 19.1. The van der Waals surface area contributed by atoms with Crippen molar-refractivity contribution in [2.24, 2.45) is 16.6 Å². The molecule has 0 radical (unpaired) electrons. The molecule has 116 valence electrons. The predicted octanol–water partition coefficient (Wildman–Crippen LogP) is 1.26. The fraction of sp³-hybridized carbons (Fsp3) is 0.357. The van der Waals surface area contributed by atoms with Crippen molar-refractivity contribution >= 4 is 29.1 Å². The van der Waals surface area contributed by atoms with Gasteiger partial charge in [0.15, 0.2) is 17.5 Å². The Bertz CT molecular complexity index is 705. The van der Waals surface area contributed by atoms with Crippen LogP contribution < -0.4 is 10.6 Å². The zero-order chi connectivity index (χ0) is 16.0. The van der Waals surface area contributed by atoms with E-state index in [4.69, 9.17) is 10.8 Å². The third-order valence-corrected chi connectivity index (χ3v) is 3.89. The molecule has 22 heavy (non-hydrogen) atoms. The van der Waals surface area contributed by atoms with Crippen molar-refractivity contribution in [2.45, 2.75) is 12.5 Å². The Balaban J connectivity index is 2.07. The standard InChI is InChI=1S/C14H13F2N3O3/c15-10-8(19-4-3-6(17)5-19)2-1-7-11(10)18-13(16)9(12(7)20)14(21)22/h1-2,6,9H,3-5,17H2,(H,21,22). The fourth-order valence-electron chi connectivity index (χ4n) is 2.76. The van der Waals surface area contributed by atoms with Crippen LogP contribution in [0.4, 0.5) is 20.2 Å². The van der Waals surface area contributed by atoms with Crippen LogP contribution in [0.1, 0.15) is 16.8 Å². The van der Waals surface area contributed by atoms with Gasteiger partial charge in [-0.1, -0.05) is 0 Å². The minimum Gasteiger partial charge on any atom is -0.480 e. The summed E-state index contributed by atoms with van der Waals surface area (Å²) in [5.41, 5.74) is 5.29. The molecule has 1 aromatic rings. The minimum absolute atomic E-state index is 0.0753. The van der Waals surface area contributed by atoms with Crippen LogP contribution in [0.3, 0.4) is 0 Å². The summed E-state index contributed by atoms with van der Waals surface area (Å²) in [4.78, 5) is 28.0. The highest BCUT2D eigenvalue weighted by Gasteiger charge is 2.39. The number of anilines is 1. The largest absolute Gasteiger partial charge is 0.480 e. The van der Waals surface area contributed by atoms with Crippen LogP contribution >= 0.6 is 0 Å². The van der Waals surface area contributed by atoms with E-state index in [-0.39, 0.29) is 17.3 Å². The molecule has 0 amide bonds. The van der Waals surface area contributed by atoms with E-state index in [9.17, 15) is 18.4 Å². The smallest absolute Gasteiger partial charge is 0.323 e. The van der Waals surface area contributed by atoms with Crippen LogP contribution in [0, 0.1) is 11.7 Å². The maximum absolute atomic E-state index is 14.6. The summed E-state index contributed by atoms with van der Waals surface area (Å²) in [6.45, 7) is 1.00. The fourth-order valence-corrected chi connectivity index (χ4v) is 2.76. The molecule has 1 fully saturated rings. The van der Waals surface area contributed by atoms with Crippen LogP contribution in [-0.2, 0) is 4.79 Å². The van der Waals surface area contributed by atoms with Gasteiger partial charge in [0, 0.05) is 24.7 Å². The number of nitrogens with zero attached hydrogens (tertiary/aromatic N) is 2. The Morgan fingerprint density at radius 2 is 2.14 bits per heavy atom. The molecule has 0 aromatic heterocycles. The third-order valence-electron chi connectivity index (χ3n) is 3.89. The van der Waals surface area contributed by atoms with Gasteiger partial charge in [-0.05, 0) is 18.6 Å². The van der Waals surface area contributed by atoms with Gasteiger partial charge < -0.3 is 15.7 Å². The summed E-state index contributed by atoms with van der Waals surface area (Å²) < 4.78 is 28.3. The van der Waals surface area contributed by atoms with E-state index in [1.165, 1.54) is 12.1 Å². The number of ketones is 1. The summed E-state index contributed by atoms with van der Waals surface area (Å²) in [5, 5.41) is 8.87. The van der Waals surface area contributed by atoms with Gasteiger partial charge >= 0.3 is 5.97 Å². The lowest BCUT2D eigenvalue weighted by atomic mass is 9.93. The summed E-state index contributed by atoms with van der Waals surface area (Å²) >= 11 is 0. The molecule has 8 heteroatoms. The Labute approximate surface area is 124 Å². The highest BCUT2D eigenvalue weighted by molar-refractivity contribution is 6.25. The van der Waals surface area contributed by atoms with Gasteiger partial charge in [-0.3, -0.25) is 9.59 Å². The van der Waals surface area contributed by atoms with Gasteiger partial charge in [0.05, 0.1) is 5.69 Å². The number of aliphatic carboxylic acids is 1. The summed E-state index contributed by atoms with van der Waals surface area (Å²) in [6.07, 6.45) is 0.703. The van der Waals surface area contributed by atoms with Crippen molar-refractivity contribution in [1.29, 1.82) is 0 Å². The van der Waals surface area contributed by atoms with Gasteiger partial charge in [-0.25, -0.2) is 9.38 Å². The lowest BCUT2D eigenvalue weighted by Gasteiger charge is -2.22. The number of Topliss-reactive ketones (excluding diaryl/α,β-unsaturated/α-hetero) is 1. The number of carboxylic acid groups (broad SMARTS) is 1. The van der Waals surface area contributed by atoms with E-state index in [1.54, 1.807) is 4.90 Å². The molecule has 0 bridgehead atoms. The Morgan fingerprint density at radius 1 is 1.41 bits per heavy atom. The molecule has 6 nitrogen and oxygen atoms in total. The van der Waals surface area contributed by atoms with Crippen LogP contribution in [-0.4, -0.2) is 42.0 Å². The first kappa shape index (κ1) is 14.6. The van der Waals surface area contributed by atoms with Crippen molar-refractivity contribution < 1.29 is 23.5 Å². The molecule has 1 saturated heterocycles. The van der Waals surface area contributed by atoms with Gasteiger partial charge in [-0.15, -0.1) is 0 Å². The van der Waals surface area contributed by atoms with Crippen molar-refractivity contribution in [2.75, 3.05) is 18.0 Å². The molecule has 0 spiro atoms. The number of carbonyl (C=O) groups excluding carboxylic acids is 1. The number of aliphatic imine (C=N–C) groups is 1. The van der Waals surface area contributed by atoms with Crippen LogP contribution in [0.5, 0.6) is 0 Å². The zero-order valence-electron chi connectivity index (χ0n) is 11.4. The Hall–Kier alpha value is -2.35. The number of benzene rings is 1. The summed E-state index contributed by atoms with van der Waals surface area (Å²) in [5.74, 6) is -6.89. The van der Waals surface area contributed by atoms with E-state index >= 15 is 0 Å². The molecular weight excluding hydrogens is 296 g/mol. The Kier molecular flexibility index (Phi) is 3.40. The second kappa shape index (κ2) is 5.13. The molecule has 2 aliphatic heterocycles. The van der Waals surface area contributed by atoms with Crippen molar-refractivity contribution in [1.82, 2.24) is 0 Å². The molecule has 2 unspecified atom stereocenters. The van der Waals surface area contributed by atoms with E-state index in [2.05, 4.69) is 4.99 Å². The number of carboxylic acids is 1. The maximum atomic E-state index is 14.6. The topological polar surface area (TPSA) is 96.0 Å². The van der Waals surface area contributed by atoms with E-state index < -0.39 is 35.1 Å². The number of fused-ring (bicyclic) bond motifs is 1. The summed E-state index contributed by atoms with van der Waals surface area (Å²) in [7, 11) is 0. The second-order valence-corrected chi connectivity index (χ2v) is 5.36. The molecule has 0 aliphatic carbocycles. The van der Waals surface area contributed by atoms with Gasteiger partial charge in [0.25, 0.3) is 0 Å². The third kappa shape index (κ3) is 2.16. The first-order valence-corrected chi connectivity index (χ1v) is 6.74. The van der Waals surface area contributed by atoms with Crippen LogP contribution in [0.25, 0.3) is 0 Å². The minimum atomic E-state index is -2.00. The molecule has 3 rings (SSSR count). The number of carbonyl (C=O) groups is 2. The average molecular weight is 309 g/mol. The van der Waals surface area contributed by atoms with Crippen LogP contribution in [0.15, 0.2) is 17.1 Å². The monoisotopic (exact) mass is 309 g/mol. The van der Waals surface area contributed by atoms with E-state index in [0.29, 0.717) is 19.5 Å². The number of hydrogen-bond donors (Lipinski definition) is 2. The number of rotatable bonds is 2. The molecular formula is C14H13F2N3O3. The second-order valence-electron chi connectivity index (χ2n) is 5.36. The SMILES string of the molecule is NC1CCN(c2ccc3c(c2F)N=C(F)C(C(=O)O)C3=O)C1. The van der Waals surface area contributed by atoms with Crippen LogP contribution in [0.2, 0.25) is 0 Å². The maximum Gasteiger partial charge on any atom is 0.323 e. The van der Waals surface area contributed by atoms with E-state index in [0.717, 1.165) is 0 Å². The number of nitrogens with two attached hydrogens (primary N) is 1. The number of halogens is 2. The quantitative estimate of drug-likeness (QED) is 0.802. The number of hydrogen-bond acceptors (Lipinski definition) is 5. The van der Waals surface area contributed by atoms with Gasteiger partial charge in [0.2, 0.25) is 5.97 Å². The molecule has 1 aromatic carbocycles. The van der Waals surface area contributed by atoms with Crippen molar-refractivity contribution in [3.05, 3.63) is 23.5 Å². The highest BCUT2D eigenvalue weighted by Crippen LogP contribution is 2.37. The first-order valence-electron chi connectivity index (χ1n) is 6.74. The average Bonchev–Trinajstić information content (AvgIpc) is 2.86.